The fourth-order valence-electron chi connectivity index (χ4n) is 2.11. The molecule has 110 valence electrons. The molecule has 0 aromatic carbocycles. The van der Waals surface area contributed by atoms with E-state index in [9.17, 15) is 4.79 Å². The number of ether oxygens (including phenoxy) is 1. The molecule has 1 amide bonds. The maximum absolute atomic E-state index is 11.8. The maximum Gasteiger partial charge on any atom is 0.242 e. The maximum atomic E-state index is 11.8. The van der Waals surface area contributed by atoms with E-state index in [0.29, 0.717) is 17.4 Å². The summed E-state index contributed by atoms with van der Waals surface area (Å²) in [6.45, 7) is 3.62. The van der Waals surface area contributed by atoms with Gasteiger partial charge in [-0.25, -0.2) is 9.97 Å². The lowest BCUT2D eigenvalue weighted by Crippen LogP contribution is -2.44. The van der Waals surface area contributed by atoms with Crippen molar-refractivity contribution in [2.24, 2.45) is 0 Å². The van der Waals surface area contributed by atoms with Gasteiger partial charge in [-0.2, -0.15) is 0 Å². The number of methoxy groups -OCH3 is 1. The predicted molar refractivity (Wildman–Crippen MR) is 77.0 cm³/mol. The molecule has 1 saturated heterocycles. The minimum atomic E-state index is -0.272. The first-order valence-electron chi connectivity index (χ1n) is 6.93. The summed E-state index contributed by atoms with van der Waals surface area (Å²) in [4.78, 5) is 20.1. The second kappa shape index (κ2) is 6.93. The Kier molecular flexibility index (Phi) is 4.97. The molecular formula is C13H21N5O2. The molecule has 1 fully saturated rings. The Hall–Kier alpha value is -2.05. The number of nitrogens with one attached hydrogen (secondary N) is 3. The minimum Gasteiger partial charge on any atom is -0.490 e. The van der Waals surface area contributed by atoms with Crippen LogP contribution >= 0.6 is 0 Å². The van der Waals surface area contributed by atoms with Gasteiger partial charge >= 0.3 is 0 Å². The predicted octanol–water partition coefficient (Wildman–Crippen LogP) is 0.998. The molecule has 0 aliphatic carbocycles. The SMILES string of the molecule is CCCNc1ncnc(NC2CCCNC2=O)c1OC. The zero-order valence-corrected chi connectivity index (χ0v) is 11.9. The number of carbonyl (C=O) groups is 1. The number of aromatic nitrogens is 2. The molecule has 0 spiro atoms. The third-order valence-corrected chi connectivity index (χ3v) is 3.15. The molecule has 20 heavy (non-hydrogen) atoms. The van der Waals surface area contributed by atoms with Gasteiger partial charge in [-0.3, -0.25) is 4.79 Å². The van der Waals surface area contributed by atoms with E-state index in [-0.39, 0.29) is 11.9 Å². The average molecular weight is 279 g/mol. The molecule has 1 unspecified atom stereocenters. The number of amides is 1. The molecule has 1 aliphatic heterocycles. The van der Waals surface area contributed by atoms with Gasteiger partial charge in [-0.1, -0.05) is 6.92 Å². The van der Waals surface area contributed by atoms with Crippen LogP contribution < -0.4 is 20.7 Å². The number of piperidine rings is 1. The van der Waals surface area contributed by atoms with Gasteiger partial charge in [0, 0.05) is 13.1 Å². The summed E-state index contributed by atoms with van der Waals surface area (Å²) in [7, 11) is 1.57. The van der Waals surface area contributed by atoms with E-state index in [1.807, 2.05) is 0 Å². The standard InChI is InChI=1S/C13H21N5O2/c1-3-6-14-11-10(20-2)12(17-8-16-11)18-9-5-4-7-15-13(9)19/h8-9H,3-7H2,1-2H3,(H,15,19)(H2,14,16,17,18). The fourth-order valence-corrected chi connectivity index (χ4v) is 2.11. The highest BCUT2D eigenvalue weighted by Gasteiger charge is 2.24. The Morgan fingerprint density at radius 3 is 2.95 bits per heavy atom. The summed E-state index contributed by atoms with van der Waals surface area (Å²) >= 11 is 0. The molecule has 1 aromatic rings. The first-order valence-corrected chi connectivity index (χ1v) is 6.93. The molecular weight excluding hydrogens is 258 g/mol. The summed E-state index contributed by atoms with van der Waals surface area (Å²) in [6, 6.07) is -0.272. The Labute approximate surface area is 118 Å². The third-order valence-electron chi connectivity index (χ3n) is 3.15. The number of rotatable bonds is 6. The van der Waals surface area contributed by atoms with Gasteiger partial charge in [0.2, 0.25) is 11.7 Å². The minimum absolute atomic E-state index is 0.0000160. The monoisotopic (exact) mass is 279 g/mol. The first-order chi connectivity index (χ1) is 9.76. The molecule has 2 heterocycles. The van der Waals surface area contributed by atoms with Crippen molar-refractivity contribution in [1.82, 2.24) is 15.3 Å². The molecule has 7 nitrogen and oxygen atoms in total. The third kappa shape index (κ3) is 3.28. The fraction of sp³-hybridized carbons (Fsp3) is 0.615. The first kappa shape index (κ1) is 14.4. The number of hydrogen-bond acceptors (Lipinski definition) is 6. The van der Waals surface area contributed by atoms with Crippen molar-refractivity contribution in [1.29, 1.82) is 0 Å². The molecule has 1 aromatic heterocycles. The van der Waals surface area contributed by atoms with E-state index in [4.69, 9.17) is 4.74 Å². The zero-order valence-electron chi connectivity index (χ0n) is 11.9. The molecule has 0 bridgehead atoms. The second-order valence-electron chi connectivity index (χ2n) is 4.66. The Morgan fingerprint density at radius 1 is 1.45 bits per heavy atom. The van der Waals surface area contributed by atoms with E-state index in [0.717, 1.165) is 32.4 Å². The van der Waals surface area contributed by atoms with Crippen LogP contribution in [0.5, 0.6) is 5.75 Å². The van der Waals surface area contributed by atoms with Gasteiger partial charge in [0.15, 0.2) is 11.6 Å². The molecule has 0 saturated carbocycles. The van der Waals surface area contributed by atoms with Gasteiger partial charge in [0.1, 0.15) is 12.4 Å². The molecule has 7 heteroatoms. The van der Waals surface area contributed by atoms with Crippen LogP contribution in [-0.2, 0) is 4.79 Å². The van der Waals surface area contributed by atoms with Crippen LogP contribution in [-0.4, -0.2) is 42.1 Å². The summed E-state index contributed by atoms with van der Waals surface area (Å²) in [5.74, 6) is 1.73. The van der Waals surface area contributed by atoms with Crippen molar-refractivity contribution in [3.05, 3.63) is 6.33 Å². The lowest BCUT2D eigenvalue weighted by atomic mass is 10.1. The van der Waals surface area contributed by atoms with Crippen molar-refractivity contribution in [2.45, 2.75) is 32.2 Å². The Bertz CT molecular complexity index is 466. The normalized spacial score (nSPS) is 18.3. The van der Waals surface area contributed by atoms with E-state index in [1.54, 1.807) is 7.11 Å². The largest absolute Gasteiger partial charge is 0.490 e. The smallest absolute Gasteiger partial charge is 0.242 e. The van der Waals surface area contributed by atoms with E-state index < -0.39 is 0 Å². The summed E-state index contributed by atoms with van der Waals surface area (Å²) in [5, 5.41) is 9.16. The summed E-state index contributed by atoms with van der Waals surface area (Å²) in [5.41, 5.74) is 0. The van der Waals surface area contributed by atoms with Crippen LogP contribution in [0, 0.1) is 0 Å². The van der Waals surface area contributed by atoms with Gasteiger partial charge in [0.05, 0.1) is 7.11 Å². The van der Waals surface area contributed by atoms with Crippen molar-refractivity contribution in [3.8, 4) is 5.75 Å². The van der Waals surface area contributed by atoms with Crippen LogP contribution in [0.15, 0.2) is 6.33 Å². The van der Waals surface area contributed by atoms with Crippen molar-refractivity contribution >= 4 is 17.5 Å². The molecule has 1 aliphatic rings. The highest BCUT2D eigenvalue weighted by Crippen LogP contribution is 2.29. The summed E-state index contributed by atoms with van der Waals surface area (Å²) in [6.07, 6.45) is 4.19. The average Bonchev–Trinajstić information content (AvgIpc) is 2.47. The lowest BCUT2D eigenvalue weighted by Gasteiger charge is -2.24. The highest BCUT2D eigenvalue weighted by molar-refractivity contribution is 5.85. The quantitative estimate of drug-likeness (QED) is 0.720. The van der Waals surface area contributed by atoms with Crippen LogP contribution in [0.4, 0.5) is 11.6 Å². The van der Waals surface area contributed by atoms with Crippen molar-refractivity contribution in [3.63, 3.8) is 0 Å². The topological polar surface area (TPSA) is 88.2 Å². The van der Waals surface area contributed by atoms with Crippen molar-refractivity contribution < 1.29 is 9.53 Å². The van der Waals surface area contributed by atoms with Crippen LogP contribution in [0.2, 0.25) is 0 Å². The Morgan fingerprint density at radius 2 is 2.25 bits per heavy atom. The molecule has 2 rings (SSSR count). The van der Waals surface area contributed by atoms with E-state index in [2.05, 4.69) is 32.8 Å². The Balaban J connectivity index is 2.15. The zero-order chi connectivity index (χ0) is 14.4. The molecule has 0 radical (unpaired) electrons. The van der Waals surface area contributed by atoms with Crippen LogP contribution in [0.25, 0.3) is 0 Å². The number of anilines is 2. The van der Waals surface area contributed by atoms with Crippen molar-refractivity contribution in [2.75, 3.05) is 30.8 Å². The van der Waals surface area contributed by atoms with Gasteiger partial charge in [0.25, 0.3) is 0 Å². The second-order valence-corrected chi connectivity index (χ2v) is 4.66. The number of nitrogens with zero attached hydrogens (tertiary/aromatic N) is 2. The van der Waals surface area contributed by atoms with Gasteiger partial charge in [-0.05, 0) is 19.3 Å². The van der Waals surface area contributed by atoms with Gasteiger partial charge < -0.3 is 20.7 Å². The van der Waals surface area contributed by atoms with E-state index >= 15 is 0 Å². The highest BCUT2D eigenvalue weighted by atomic mass is 16.5. The molecule has 1 atom stereocenters. The number of carbonyl (C=O) groups excluding carboxylic acids is 1. The summed E-state index contributed by atoms with van der Waals surface area (Å²) < 4.78 is 5.37. The van der Waals surface area contributed by atoms with Gasteiger partial charge in [-0.15, -0.1) is 0 Å². The van der Waals surface area contributed by atoms with Crippen LogP contribution in [0.3, 0.4) is 0 Å². The molecule has 3 N–H and O–H groups in total. The number of hydrogen-bond donors (Lipinski definition) is 3. The van der Waals surface area contributed by atoms with E-state index in [1.165, 1.54) is 6.33 Å². The lowest BCUT2D eigenvalue weighted by molar-refractivity contribution is -0.123. The van der Waals surface area contributed by atoms with Crippen LogP contribution in [0.1, 0.15) is 26.2 Å².